The molecule has 0 radical (unpaired) electrons. The summed E-state index contributed by atoms with van der Waals surface area (Å²) in [5.41, 5.74) is 3.58. The molecule has 5 heteroatoms. The van der Waals surface area contributed by atoms with E-state index in [0.29, 0.717) is 12.1 Å². The molecule has 3 N–H and O–H groups in total. The fraction of sp³-hybridized carbons (Fsp3) is 0.120. The van der Waals surface area contributed by atoms with E-state index in [2.05, 4.69) is 15.6 Å². The van der Waals surface area contributed by atoms with Crippen LogP contribution in [0.15, 0.2) is 91.1 Å². The molecule has 0 aliphatic rings. The fourth-order valence-electron chi connectivity index (χ4n) is 3.51. The Morgan fingerprint density at radius 2 is 1.50 bits per heavy atom. The number of carbonyl (C=O) groups excluding carboxylic acids is 2. The topological polar surface area (TPSA) is 74.0 Å². The van der Waals surface area contributed by atoms with Gasteiger partial charge in [0.05, 0.1) is 6.42 Å². The lowest BCUT2D eigenvalue weighted by molar-refractivity contribution is -0.126. The van der Waals surface area contributed by atoms with E-state index < -0.39 is 6.04 Å². The van der Waals surface area contributed by atoms with Crippen molar-refractivity contribution in [1.82, 2.24) is 10.3 Å². The second kappa shape index (κ2) is 9.09. The van der Waals surface area contributed by atoms with Gasteiger partial charge in [-0.3, -0.25) is 9.59 Å². The van der Waals surface area contributed by atoms with Gasteiger partial charge in [-0.25, -0.2) is 0 Å². The van der Waals surface area contributed by atoms with Crippen molar-refractivity contribution in [2.75, 3.05) is 5.32 Å². The Morgan fingerprint density at radius 1 is 0.833 bits per heavy atom. The van der Waals surface area contributed by atoms with Gasteiger partial charge in [-0.2, -0.15) is 0 Å². The van der Waals surface area contributed by atoms with Gasteiger partial charge in [0.25, 0.3) is 0 Å². The smallest absolute Gasteiger partial charge is 0.247 e. The number of aromatic nitrogens is 1. The highest BCUT2D eigenvalue weighted by Crippen LogP contribution is 2.18. The lowest BCUT2D eigenvalue weighted by Gasteiger charge is -2.19. The second-order valence-corrected chi connectivity index (χ2v) is 7.20. The maximum absolute atomic E-state index is 12.9. The highest BCUT2D eigenvalue weighted by Gasteiger charge is 2.22. The van der Waals surface area contributed by atoms with Crippen molar-refractivity contribution >= 4 is 28.4 Å². The molecule has 4 rings (SSSR count). The van der Waals surface area contributed by atoms with Crippen molar-refractivity contribution in [3.05, 3.63) is 102 Å². The zero-order valence-electron chi connectivity index (χ0n) is 16.5. The molecule has 0 aliphatic heterocycles. The molecule has 0 fully saturated rings. The largest absolute Gasteiger partial charge is 0.361 e. The van der Waals surface area contributed by atoms with Crippen LogP contribution < -0.4 is 10.6 Å². The fourth-order valence-corrected chi connectivity index (χ4v) is 3.51. The van der Waals surface area contributed by atoms with Crippen LogP contribution in [0.4, 0.5) is 5.69 Å². The SMILES string of the molecule is O=C(Cc1c[nH]c2ccccc12)N[C@@H](Cc1ccccc1)C(=O)Nc1ccccc1. The van der Waals surface area contributed by atoms with Gasteiger partial charge in [0.1, 0.15) is 6.04 Å². The zero-order valence-corrected chi connectivity index (χ0v) is 16.5. The van der Waals surface area contributed by atoms with Crippen LogP contribution in [0.3, 0.4) is 0 Å². The highest BCUT2D eigenvalue weighted by atomic mass is 16.2. The first-order valence-electron chi connectivity index (χ1n) is 9.93. The predicted octanol–water partition coefficient (Wildman–Crippen LogP) is 4.08. The molecular weight excluding hydrogens is 374 g/mol. The molecule has 2 amide bonds. The molecule has 150 valence electrons. The minimum atomic E-state index is -0.676. The van der Waals surface area contributed by atoms with Crippen molar-refractivity contribution in [3.8, 4) is 0 Å². The number of benzene rings is 3. The van der Waals surface area contributed by atoms with Gasteiger partial charge < -0.3 is 15.6 Å². The van der Waals surface area contributed by atoms with Gasteiger partial charge in [-0.15, -0.1) is 0 Å². The molecule has 30 heavy (non-hydrogen) atoms. The number of anilines is 1. The number of para-hydroxylation sites is 2. The summed E-state index contributed by atoms with van der Waals surface area (Å²) < 4.78 is 0. The van der Waals surface area contributed by atoms with Gasteiger partial charge in [0.15, 0.2) is 0 Å². The summed E-state index contributed by atoms with van der Waals surface area (Å²) in [6.45, 7) is 0. The first-order valence-corrected chi connectivity index (χ1v) is 9.93. The number of H-pyrrole nitrogens is 1. The van der Waals surface area contributed by atoms with Crippen LogP contribution in [0.2, 0.25) is 0 Å². The van der Waals surface area contributed by atoms with Gasteiger partial charge in [-0.1, -0.05) is 66.7 Å². The summed E-state index contributed by atoms with van der Waals surface area (Å²) in [4.78, 5) is 28.9. The Labute approximate surface area is 175 Å². The van der Waals surface area contributed by atoms with Crippen LogP contribution in [0, 0.1) is 0 Å². The molecule has 0 spiro atoms. The molecule has 3 aromatic carbocycles. The molecule has 4 aromatic rings. The van der Waals surface area contributed by atoms with Crippen LogP contribution in [0.25, 0.3) is 10.9 Å². The van der Waals surface area contributed by atoms with E-state index in [1.165, 1.54) is 0 Å². The lowest BCUT2D eigenvalue weighted by Crippen LogP contribution is -2.45. The summed E-state index contributed by atoms with van der Waals surface area (Å²) in [5, 5.41) is 6.83. The summed E-state index contributed by atoms with van der Waals surface area (Å²) in [6.07, 6.45) is 2.47. The number of rotatable bonds is 7. The Bertz CT molecular complexity index is 1140. The normalized spacial score (nSPS) is 11.7. The average molecular weight is 397 g/mol. The van der Waals surface area contributed by atoms with E-state index in [9.17, 15) is 9.59 Å². The van der Waals surface area contributed by atoms with Crippen LogP contribution in [-0.4, -0.2) is 22.8 Å². The van der Waals surface area contributed by atoms with Crippen LogP contribution >= 0.6 is 0 Å². The number of amides is 2. The number of hydrogen-bond donors (Lipinski definition) is 3. The summed E-state index contributed by atoms with van der Waals surface area (Å²) >= 11 is 0. The van der Waals surface area contributed by atoms with E-state index >= 15 is 0 Å². The Kier molecular flexibility index (Phi) is 5.90. The van der Waals surface area contributed by atoms with Crippen molar-refractivity contribution in [2.24, 2.45) is 0 Å². The lowest BCUT2D eigenvalue weighted by atomic mass is 10.0. The van der Waals surface area contributed by atoms with Crippen molar-refractivity contribution in [1.29, 1.82) is 0 Å². The molecule has 1 atom stereocenters. The maximum Gasteiger partial charge on any atom is 0.247 e. The third kappa shape index (κ3) is 4.75. The molecule has 1 heterocycles. The van der Waals surface area contributed by atoms with E-state index in [-0.39, 0.29) is 18.2 Å². The molecule has 0 saturated heterocycles. The monoisotopic (exact) mass is 397 g/mol. The Balaban J connectivity index is 1.49. The summed E-state index contributed by atoms with van der Waals surface area (Å²) in [7, 11) is 0. The van der Waals surface area contributed by atoms with E-state index in [0.717, 1.165) is 22.0 Å². The molecule has 0 bridgehead atoms. The zero-order chi connectivity index (χ0) is 20.8. The minimum absolute atomic E-state index is 0.191. The maximum atomic E-state index is 12.9. The van der Waals surface area contributed by atoms with Gasteiger partial charge in [0, 0.05) is 29.2 Å². The summed E-state index contributed by atoms with van der Waals surface area (Å²) in [5.74, 6) is -0.429. The van der Waals surface area contributed by atoms with E-state index in [1.807, 2.05) is 91.1 Å². The number of fused-ring (bicyclic) bond motifs is 1. The molecule has 0 saturated carbocycles. The highest BCUT2D eigenvalue weighted by molar-refractivity contribution is 5.98. The summed E-state index contributed by atoms with van der Waals surface area (Å²) in [6, 6.07) is 26.1. The Hall–Kier alpha value is -3.86. The second-order valence-electron chi connectivity index (χ2n) is 7.20. The molecule has 0 aliphatic carbocycles. The first kappa shape index (κ1) is 19.5. The molecule has 5 nitrogen and oxygen atoms in total. The number of aromatic amines is 1. The number of hydrogen-bond acceptors (Lipinski definition) is 2. The number of carbonyl (C=O) groups is 2. The quantitative estimate of drug-likeness (QED) is 0.440. The average Bonchev–Trinajstić information content (AvgIpc) is 3.17. The predicted molar refractivity (Wildman–Crippen MR) is 119 cm³/mol. The van der Waals surface area contributed by atoms with Gasteiger partial charge in [0.2, 0.25) is 11.8 Å². The number of nitrogens with one attached hydrogen (secondary N) is 3. The van der Waals surface area contributed by atoms with Gasteiger partial charge in [-0.05, 0) is 29.3 Å². The van der Waals surface area contributed by atoms with Crippen molar-refractivity contribution < 1.29 is 9.59 Å². The third-order valence-corrected chi connectivity index (χ3v) is 5.00. The first-order chi connectivity index (χ1) is 14.7. The molecule has 0 unspecified atom stereocenters. The molecular formula is C25H23N3O2. The third-order valence-electron chi connectivity index (χ3n) is 5.00. The van der Waals surface area contributed by atoms with Crippen molar-refractivity contribution in [3.63, 3.8) is 0 Å². The van der Waals surface area contributed by atoms with E-state index in [1.54, 1.807) is 0 Å². The van der Waals surface area contributed by atoms with Crippen LogP contribution in [0.5, 0.6) is 0 Å². The van der Waals surface area contributed by atoms with Crippen LogP contribution in [-0.2, 0) is 22.4 Å². The van der Waals surface area contributed by atoms with Gasteiger partial charge >= 0.3 is 0 Å². The molecule has 1 aromatic heterocycles. The van der Waals surface area contributed by atoms with E-state index in [4.69, 9.17) is 0 Å². The standard InChI is InChI=1S/C25H23N3O2/c29-24(16-19-17-26-22-14-8-7-13-21(19)22)28-23(15-18-9-3-1-4-10-18)25(30)27-20-11-5-2-6-12-20/h1-14,17,23,26H,15-16H2,(H,27,30)(H,28,29)/t23-/m0/s1. The van der Waals surface area contributed by atoms with Crippen LogP contribution in [0.1, 0.15) is 11.1 Å². The minimum Gasteiger partial charge on any atom is -0.361 e. The van der Waals surface area contributed by atoms with Crippen molar-refractivity contribution in [2.45, 2.75) is 18.9 Å². The Morgan fingerprint density at radius 3 is 2.27 bits per heavy atom.